The first-order chi connectivity index (χ1) is 15.1. The number of aryl methyl sites for hydroxylation is 1. The summed E-state index contributed by atoms with van der Waals surface area (Å²) < 4.78 is 10.5. The van der Waals surface area contributed by atoms with Crippen molar-refractivity contribution in [1.82, 2.24) is 20.1 Å². The monoisotopic (exact) mass is 420 g/mol. The Labute approximate surface area is 179 Å². The molecule has 1 N–H and O–H groups in total. The molecule has 0 bridgehead atoms. The van der Waals surface area contributed by atoms with Gasteiger partial charge < -0.3 is 19.4 Å². The average Bonchev–Trinajstić information content (AvgIpc) is 2.82. The van der Waals surface area contributed by atoms with Crippen LogP contribution in [0.4, 0.5) is 0 Å². The molecule has 0 saturated carbocycles. The van der Waals surface area contributed by atoms with E-state index in [4.69, 9.17) is 9.47 Å². The molecule has 1 aliphatic heterocycles. The summed E-state index contributed by atoms with van der Waals surface area (Å²) in [4.78, 5) is 29.7. The number of nitrogens with zero attached hydrogens (tertiary/aromatic N) is 3. The highest BCUT2D eigenvalue weighted by Gasteiger charge is 2.21. The maximum absolute atomic E-state index is 12.7. The van der Waals surface area contributed by atoms with E-state index in [9.17, 15) is 9.59 Å². The zero-order chi connectivity index (χ0) is 21.8. The summed E-state index contributed by atoms with van der Waals surface area (Å²) in [5.41, 5.74) is 3.02. The van der Waals surface area contributed by atoms with Gasteiger partial charge in [-0.1, -0.05) is 24.3 Å². The summed E-state index contributed by atoms with van der Waals surface area (Å²) in [6.45, 7) is 1.30. The number of amides is 1. The average molecular weight is 420 g/mol. The number of carbonyl (C=O) groups is 1. The van der Waals surface area contributed by atoms with Crippen LogP contribution in [0.3, 0.4) is 0 Å². The third-order valence-electron chi connectivity index (χ3n) is 5.48. The van der Waals surface area contributed by atoms with Crippen molar-refractivity contribution in [2.24, 2.45) is 0 Å². The Kier molecular flexibility index (Phi) is 5.97. The van der Waals surface area contributed by atoms with Gasteiger partial charge in [0.2, 0.25) is 5.91 Å². The highest BCUT2D eigenvalue weighted by Crippen LogP contribution is 2.30. The largest absolute Gasteiger partial charge is 0.493 e. The smallest absolute Gasteiger partial charge is 0.273 e. The van der Waals surface area contributed by atoms with Crippen LogP contribution >= 0.6 is 0 Å². The molecule has 0 fully saturated rings. The van der Waals surface area contributed by atoms with E-state index in [1.54, 1.807) is 25.3 Å². The molecule has 0 aliphatic carbocycles. The Morgan fingerprint density at radius 1 is 1.06 bits per heavy atom. The predicted molar refractivity (Wildman–Crippen MR) is 115 cm³/mol. The van der Waals surface area contributed by atoms with Gasteiger partial charge in [0.25, 0.3) is 5.56 Å². The quantitative estimate of drug-likeness (QED) is 0.658. The Bertz CT molecular complexity index is 1160. The van der Waals surface area contributed by atoms with E-state index in [-0.39, 0.29) is 30.0 Å². The first-order valence-electron chi connectivity index (χ1n) is 10.1. The van der Waals surface area contributed by atoms with Gasteiger partial charge in [-0.2, -0.15) is 0 Å². The van der Waals surface area contributed by atoms with Gasteiger partial charge in [-0.3, -0.25) is 9.59 Å². The summed E-state index contributed by atoms with van der Waals surface area (Å²) in [6, 6.07) is 13.4. The molecule has 3 aromatic rings. The molecule has 1 amide bonds. The predicted octanol–water partition coefficient (Wildman–Crippen LogP) is 2.37. The second-order valence-corrected chi connectivity index (χ2v) is 7.35. The van der Waals surface area contributed by atoms with Gasteiger partial charge >= 0.3 is 0 Å². The van der Waals surface area contributed by atoms with Crippen LogP contribution in [0, 0.1) is 0 Å². The van der Waals surface area contributed by atoms with Crippen LogP contribution in [0.15, 0.2) is 47.3 Å². The highest BCUT2D eigenvalue weighted by molar-refractivity contribution is 5.76. The summed E-state index contributed by atoms with van der Waals surface area (Å²) in [5, 5.41) is 8.20. The second-order valence-electron chi connectivity index (χ2n) is 7.35. The number of ether oxygens (including phenoxy) is 2. The number of rotatable bonds is 6. The lowest BCUT2D eigenvalue weighted by atomic mass is 9.99. The summed E-state index contributed by atoms with van der Waals surface area (Å²) in [7, 11) is 3.09. The lowest BCUT2D eigenvalue weighted by molar-refractivity contribution is -0.132. The standard InChI is InChI=1S/C23H24N4O4/c1-30-19-9-7-16(13-20(19)31-2)22-24-23(29)18(25-26-22)8-10-21(28)27-12-11-15-5-3-4-6-17(15)14-27/h3-7,9,13H,8,10-12,14H2,1-2H3,(H,24,26,29). The topological polar surface area (TPSA) is 97.4 Å². The van der Waals surface area contributed by atoms with E-state index in [1.807, 2.05) is 17.0 Å². The van der Waals surface area contributed by atoms with Crippen LogP contribution in [-0.4, -0.2) is 46.8 Å². The number of H-pyrrole nitrogens is 1. The number of benzene rings is 2. The molecule has 0 atom stereocenters. The van der Waals surface area contributed by atoms with Crippen molar-refractivity contribution in [2.75, 3.05) is 20.8 Å². The van der Waals surface area contributed by atoms with Crippen molar-refractivity contribution in [1.29, 1.82) is 0 Å². The van der Waals surface area contributed by atoms with Crippen molar-refractivity contribution in [2.45, 2.75) is 25.8 Å². The minimum Gasteiger partial charge on any atom is -0.493 e. The molecule has 0 spiro atoms. The molecule has 8 nitrogen and oxygen atoms in total. The first-order valence-corrected chi connectivity index (χ1v) is 10.1. The lowest BCUT2D eigenvalue weighted by Crippen LogP contribution is -2.36. The minimum atomic E-state index is -0.350. The van der Waals surface area contributed by atoms with Crippen LogP contribution in [-0.2, 0) is 24.2 Å². The number of aromatic nitrogens is 3. The molecular formula is C23H24N4O4. The van der Waals surface area contributed by atoms with E-state index >= 15 is 0 Å². The number of hydrogen-bond donors (Lipinski definition) is 1. The lowest BCUT2D eigenvalue weighted by Gasteiger charge is -2.28. The minimum absolute atomic E-state index is 0.0136. The van der Waals surface area contributed by atoms with Crippen molar-refractivity contribution in [3.8, 4) is 22.9 Å². The zero-order valence-corrected chi connectivity index (χ0v) is 17.6. The SMILES string of the molecule is COc1ccc(-c2nnc(CCC(=O)N3CCc4ccccc4C3)c(=O)[nH]2)cc1OC. The fourth-order valence-corrected chi connectivity index (χ4v) is 3.73. The second kappa shape index (κ2) is 8.99. The molecule has 8 heteroatoms. The first kappa shape index (κ1) is 20.6. The Morgan fingerprint density at radius 3 is 2.58 bits per heavy atom. The number of aromatic amines is 1. The van der Waals surface area contributed by atoms with Crippen LogP contribution in [0.25, 0.3) is 11.4 Å². The van der Waals surface area contributed by atoms with Crippen LogP contribution in [0.5, 0.6) is 11.5 Å². The third-order valence-corrected chi connectivity index (χ3v) is 5.48. The van der Waals surface area contributed by atoms with Crippen LogP contribution < -0.4 is 15.0 Å². The normalized spacial score (nSPS) is 12.9. The van der Waals surface area contributed by atoms with Crippen LogP contribution in [0.2, 0.25) is 0 Å². The number of hydrogen-bond acceptors (Lipinski definition) is 6. The van der Waals surface area contributed by atoms with Gasteiger partial charge in [0.1, 0.15) is 5.69 Å². The third kappa shape index (κ3) is 4.42. The molecule has 1 aromatic heterocycles. The van der Waals surface area contributed by atoms with E-state index in [0.717, 1.165) is 6.42 Å². The molecule has 0 unspecified atom stereocenters. The highest BCUT2D eigenvalue weighted by atomic mass is 16.5. The Morgan fingerprint density at radius 2 is 1.84 bits per heavy atom. The van der Waals surface area contributed by atoms with E-state index in [0.29, 0.717) is 36.0 Å². The van der Waals surface area contributed by atoms with Crippen molar-refractivity contribution in [3.05, 3.63) is 69.6 Å². The van der Waals surface area contributed by atoms with Gasteiger partial charge in [-0.25, -0.2) is 0 Å². The summed E-state index contributed by atoms with van der Waals surface area (Å²) in [5.74, 6) is 1.45. The van der Waals surface area contributed by atoms with Gasteiger partial charge in [0.05, 0.1) is 14.2 Å². The van der Waals surface area contributed by atoms with Gasteiger partial charge in [-0.05, 0) is 35.7 Å². The molecule has 31 heavy (non-hydrogen) atoms. The van der Waals surface area contributed by atoms with Crippen molar-refractivity contribution >= 4 is 5.91 Å². The van der Waals surface area contributed by atoms with Crippen molar-refractivity contribution in [3.63, 3.8) is 0 Å². The fraction of sp³-hybridized carbons (Fsp3) is 0.304. The Hall–Kier alpha value is -3.68. The number of nitrogens with one attached hydrogen (secondary N) is 1. The maximum atomic E-state index is 12.7. The van der Waals surface area contributed by atoms with E-state index < -0.39 is 0 Å². The number of methoxy groups -OCH3 is 2. The molecular weight excluding hydrogens is 396 g/mol. The summed E-state index contributed by atoms with van der Waals surface area (Å²) in [6.07, 6.45) is 1.31. The summed E-state index contributed by atoms with van der Waals surface area (Å²) >= 11 is 0. The van der Waals surface area contributed by atoms with Gasteiger partial charge in [0, 0.05) is 31.5 Å². The van der Waals surface area contributed by atoms with Crippen LogP contribution in [0.1, 0.15) is 23.2 Å². The number of fused-ring (bicyclic) bond motifs is 1. The fourth-order valence-electron chi connectivity index (χ4n) is 3.73. The molecule has 0 saturated heterocycles. The van der Waals surface area contributed by atoms with E-state index in [1.165, 1.54) is 18.2 Å². The molecule has 4 rings (SSSR count). The number of carbonyl (C=O) groups excluding carboxylic acids is 1. The molecule has 2 aromatic carbocycles. The molecule has 160 valence electrons. The van der Waals surface area contributed by atoms with Gasteiger partial charge in [-0.15, -0.1) is 10.2 Å². The zero-order valence-electron chi connectivity index (χ0n) is 17.6. The maximum Gasteiger partial charge on any atom is 0.273 e. The molecule has 2 heterocycles. The van der Waals surface area contributed by atoms with Gasteiger partial charge in [0.15, 0.2) is 17.3 Å². The van der Waals surface area contributed by atoms with Crippen molar-refractivity contribution < 1.29 is 14.3 Å². The molecule has 1 aliphatic rings. The van der Waals surface area contributed by atoms with E-state index in [2.05, 4.69) is 27.3 Å². The Balaban J connectivity index is 1.42. The molecule has 0 radical (unpaired) electrons.